The second kappa shape index (κ2) is 8.95. The lowest BCUT2D eigenvalue weighted by molar-refractivity contribution is -0.121. The molecule has 0 aliphatic heterocycles. The van der Waals surface area contributed by atoms with E-state index >= 15 is 0 Å². The highest BCUT2D eigenvalue weighted by atomic mass is 32.1. The minimum Gasteiger partial charge on any atom is -0.497 e. The molecule has 0 aliphatic carbocycles. The lowest BCUT2D eigenvalue weighted by atomic mass is 10.1. The maximum atomic E-state index is 13.4. The van der Waals surface area contributed by atoms with Crippen LogP contribution < -0.4 is 10.1 Å². The Balaban J connectivity index is 1.66. The van der Waals surface area contributed by atoms with Gasteiger partial charge in [-0.15, -0.1) is 0 Å². The van der Waals surface area contributed by atoms with Crippen molar-refractivity contribution < 1.29 is 18.3 Å². The van der Waals surface area contributed by atoms with Gasteiger partial charge in [0.2, 0.25) is 5.91 Å². The third-order valence-corrected chi connectivity index (χ3v) is 4.80. The molecule has 2 N–H and O–H groups in total. The number of hydrogen-bond acceptors (Lipinski definition) is 4. The number of nitrogens with one attached hydrogen (secondary N) is 2. The van der Waals surface area contributed by atoms with Crippen LogP contribution in [0.4, 0.5) is 8.78 Å². The number of rotatable bonds is 7. The van der Waals surface area contributed by atoms with E-state index in [0.29, 0.717) is 22.7 Å². The topological polar surface area (TPSA) is 71.9 Å². The number of methoxy groups -OCH3 is 1. The molecule has 3 aromatic rings. The van der Waals surface area contributed by atoms with E-state index in [0.717, 1.165) is 23.4 Å². The molecular formula is C20H20F2N4O2S. The van der Waals surface area contributed by atoms with Gasteiger partial charge >= 0.3 is 0 Å². The fraction of sp³-hybridized carbons (Fsp3) is 0.250. The van der Waals surface area contributed by atoms with E-state index in [1.54, 1.807) is 18.6 Å². The molecule has 1 amide bonds. The predicted molar refractivity (Wildman–Crippen MR) is 107 cm³/mol. The Morgan fingerprint density at radius 1 is 1.24 bits per heavy atom. The molecular weight excluding hydrogens is 398 g/mol. The fourth-order valence-electron chi connectivity index (χ4n) is 2.88. The summed E-state index contributed by atoms with van der Waals surface area (Å²) in [6.07, 6.45) is 0.144. The van der Waals surface area contributed by atoms with Crippen molar-refractivity contribution in [1.29, 1.82) is 0 Å². The fourth-order valence-corrected chi connectivity index (χ4v) is 3.10. The van der Waals surface area contributed by atoms with Gasteiger partial charge in [-0.05, 0) is 61.1 Å². The van der Waals surface area contributed by atoms with Gasteiger partial charge in [0.1, 0.15) is 5.75 Å². The van der Waals surface area contributed by atoms with Crippen molar-refractivity contribution in [2.45, 2.75) is 25.9 Å². The summed E-state index contributed by atoms with van der Waals surface area (Å²) in [7, 11) is 1.59. The third kappa shape index (κ3) is 4.86. The minimum absolute atomic E-state index is 0.144. The van der Waals surface area contributed by atoms with Crippen LogP contribution in [0.25, 0.3) is 11.4 Å². The minimum atomic E-state index is -0.947. The van der Waals surface area contributed by atoms with E-state index in [9.17, 15) is 13.6 Å². The van der Waals surface area contributed by atoms with Crippen LogP contribution in [0.15, 0.2) is 42.5 Å². The summed E-state index contributed by atoms with van der Waals surface area (Å²) < 4.78 is 33.7. The highest BCUT2D eigenvalue weighted by molar-refractivity contribution is 7.71. The molecule has 0 saturated carbocycles. The van der Waals surface area contributed by atoms with Crippen LogP contribution in [0.2, 0.25) is 0 Å². The summed E-state index contributed by atoms with van der Waals surface area (Å²) in [6, 6.07) is 10.4. The number of aromatic amines is 1. The molecule has 3 rings (SSSR count). The second-order valence-corrected chi connectivity index (χ2v) is 6.83. The zero-order valence-electron chi connectivity index (χ0n) is 15.9. The monoisotopic (exact) mass is 418 g/mol. The molecule has 0 spiro atoms. The normalized spacial score (nSPS) is 11.9. The first-order valence-corrected chi connectivity index (χ1v) is 9.34. The van der Waals surface area contributed by atoms with Gasteiger partial charge in [0, 0.05) is 18.5 Å². The van der Waals surface area contributed by atoms with Gasteiger partial charge in [-0.1, -0.05) is 6.07 Å². The molecule has 1 aromatic heterocycles. The number of aromatic nitrogens is 3. The summed E-state index contributed by atoms with van der Waals surface area (Å²) in [5.41, 5.74) is 1.31. The Hall–Kier alpha value is -3.07. The van der Waals surface area contributed by atoms with Crippen LogP contribution in [0.3, 0.4) is 0 Å². The van der Waals surface area contributed by atoms with Gasteiger partial charge in [0.15, 0.2) is 22.2 Å². The van der Waals surface area contributed by atoms with Crippen LogP contribution in [0, 0.1) is 16.4 Å². The lowest BCUT2D eigenvalue weighted by Crippen LogP contribution is -2.27. The standard InChI is InChI=1S/C20H20F2N4O2S/c1-12(14-5-8-16(21)17(22)11-14)23-18(27)9-10-26-19(24-25-20(26)29)13-3-6-15(28-2)7-4-13/h3-8,11-12H,9-10H2,1-2H3,(H,23,27)(H,25,29). The van der Waals surface area contributed by atoms with E-state index in [4.69, 9.17) is 17.0 Å². The average molecular weight is 418 g/mol. The summed E-state index contributed by atoms with van der Waals surface area (Å²) in [4.78, 5) is 12.3. The molecule has 6 nitrogen and oxygen atoms in total. The number of nitrogens with zero attached hydrogens (tertiary/aromatic N) is 2. The van der Waals surface area contributed by atoms with Crippen LogP contribution in [-0.4, -0.2) is 27.8 Å². The van der Waals surface area contributed by atoms with E-state index < -0.39 is 17.7 Å². The molecule has 0 radical (unpaired) electrons. The Kier molecular flexibility index (Phi) is 6.38. The Bertz CT molecular complexity index is 1060. The van der Waals surface area contributed by atoms with Gasteiger partial charge < -0.3 is 10.1 Å². The number of carbonyl (C=O) groups excluding carboxylic acids is 1. The largest absolute Gasteiger partial charge is 0.497 e. The number of halogens is 2. The van der Waals surface area contributed by atoms with E-state index in [2.05, 4.69) is 15.5 Å². The second-order valence-electron chi connectivity index (χ2n) is 6.45. The van der Waals surface area contributed by atoms with Gasteiger partial charge in [0.25, 0.3) is 0 Å². The number of hydrogen-bond donors (Lipinski definition) is 2. The van der Waals surface area contributed by atoms with Crippen LogP contribution >= 0.6 is 12.2 Å². The van der Waals surface area contributed by atoms with Gasteiger partial charge in [-0.25, -0.2) is 8.78 Å². The number of carbonyl (C=O) groups is 1. The number of H-pyrrole nitrogens is 1. The number of amides is 1. The number of ether oxygens (including phenoxy) is 1. The Morgan fingerprint density at radius 2 is 1.97 bits per heavy atom. The molecule has 2 aromatic carbocycles. The molecule has 0 fully saturated rings. The zero-order valence-corrected chi connectivity index (χ0v) is 16.7. The molecule has 152 valence electrons. The van der Waals surface area contributed by atoms with E-state index in [1.165, 1.54) is 6.07 Å². The van der Waals surface area contributed by atoms with Crippen LogP contribution in [-0.2, 0) is 11.3 Å². The molecule has 1 atom stereocenters. The summed E-state index contributed by atoms with van der Waals surface area (Å²) in [5.74, 6) is -0.782. The highest BCUT2D eigenvalue weighted by Crippen LogP contribution is 2.21. The first-order chi connectivity index (χ1) is 13.9. The Labute approximate surface area is 171 Å². The highest BCUT2D eigenvalue weighted by Gasteiger charge is 2.14. The maximum absolute atomic E-state index is 13.4. The van der Waals surface area contributed by atoms with Crippen molar-refractivity contribution in [3.8, 4) is 17.1 Å². The van der Waals surface area contributed by atoms with E-state index in [1.807, 2.05) is 24.3 Å². The molecule has 29 heavy (non-hydrogen) atoms. The van der Waals surface area contributed by atoms with Crippen molar-refractivity contribution in [2.75, 3.05) is 7.11 Å². The first kappa shape index (κ1) is 20.7. The SMILES string of the molecule is COc1ccc(-c2n[nH]c(=S)n2CCC(=O)NC(C)c2ccc(F)c(F)c2)cc1. The molecule has 0 aliphatic rings. The van der Waals surface area contributed by atoms with Crippen molar-refractivity contribution in [2.24, 2.45) is 0 Å². The maximum Gasteiger partial charge on any atom is 0.222 e. The number of benzene rings is 2. The van der Waals surface area contributed by atoms with Gasteiger partial charge in [-0.2, -0.15) is 5.10 Å². The predicted octanol–water partition coefficient (Wildman–Crippen LogP) is 4.16. The lowest BCUT2D eigenvalue weighted by Gasteiger charge is -2.15. The quantitative estimate of drug-likeness (QED) is 0.565. The van der Waals surface area contributed by atoms with E-state index in [-0.39, 0.29) is 12.3 Å². The Morgan fingerprint density at radius 3 is 2.62 bits per heavy atom. The van der Waals surface area contributed by atoms with Gasteiger partial charge in [0.05, 0.1) is 13.2 Å². The van der Waals surface area contributed by atoms with Crippen molar-refractivity contribution >= 4 is 18.1 Å². The average Bonchev–Trinajstić information content (AvgIpc) is 3.08. The van der Waals surface area contributed by atoms with Crippen LogP contribution in [0.1, 0.15) is 24.9 Å². The van der Waals surface area contributed by atoms with Crippen LogP contribution in [0.5, 0.6) is 5.75 Å². The summed E-state index contributed by atoms with van der Waals surface area (Å²) >= 11 is 5.28. The zero-order chi connectivity index (χ0) is 21.0. The summed E-state index contributed by atoms with van der Waals surface area (Å²) in [6.45, 7) is 2.02. The smallest absolute Gasteiger partial charge is 0.222 e. The molecule has 9 heteroatoms. The van der Waals surface area contributed by atoms with Gasteiger partial charge in [-0.3, -0.25) is 14.5 Å². The molecule has 0 saturated heterocycles. The van der Waals surface area contributed by atoms with Crippen molar-refractivity contribution in [3.63, 3.8) is 0 Å². The first-order valence-electron chi connectivity index (χ1n) is 8.93. The summed E-state index contributed by atoms with van der Waals surface area (Å²) in [5, 5.41) is 9.76. The molecule has 0 bridgehead atoms. The van der Waals surface area contributed by atoms with Crippen molar-refractivity contribution in [1.82, 2.24) is 20.1 Å². The molecule has 1 unspecified atom stereocenters. The third-order valence-electron chi connectivity index (χ3n) is 4.49. The van der Waals surface area contributed by atoms with Crippen molar-refractivity contribution in [3.05, 3.63) is 64.4 Å². The molecule has 1 heterocycles.